The first kappa shape index (κ1) is 11.0. The molecule has 0 spiro atoms. The van der Waals surface area contributed by atoms with E-state index in [1.807, 2.05) is 13.8 Å². The molecule has 1 heterocycles. The first-order valence-electron chi connectivity index (χ1n) is 4.95. The van der Waals surface area contributed by atoms with E-state index in [2.05, 4.69) is 0 Å². The van der Waals surface area contributed by atoms with Gasteiger partial charge in [-0.1, -0.05) is 13.8 Å². The van der Waals surface area contributed by atoms with Crippen LogP contribution >= 0.6 is 0 Å². The van der Waals surface area contributed by atoms with Gasteiger partial charge < -0.3 is 10.0 Å². The van der Waals surface area contributed by atoms with E-state index in [1.165, 1.54) is 6.92 Å². The highest BCUT2D eigenvalue weighted by Gasteiger charge is 2.41. The normalized spacial score (nSPS) is 23.1. The van der Waals surface area contributed by atoms with Crippen LogP contribution in [0.4, 0.5) is 0 Å². The summed E-state index contributed by atoms with van der Waals surface area (Å²) >= 11 is 0. The van der Waals surface area contributed by atoms with Crippen molar-refractivity contribution in [2.45, 2.75) is 33.2 Å². The minimum atomic E-state index is -0.795. The molecule has 80 valence electrons. The van der Waals surface area contributed by atoms with Crippen LogP contribution in [0.15, 0.2) is 0 Å². The minimum Gasteiger partial charge on any atom is -0.481 e. The molecule has 4 heteroatoms. The third-order valence-electron chi connectivity index (χ3n) is 2.89. The molecule has 0 bridgehead atoms. The molecule has 1 aliphatic heterocycles. The Morgan fingerprint density at radius 2 is 2.00 bits per heavy atom. The van der Waals surface area contributed by atoms with Gasteiger partial charge >= 0.3 is 5.97 Å². The van der Waals surface area contributed by atoms with Crippen molar-refractivity contribution in [3.05, 3.63) is 0 Å². The number of carbonyl (C=O) groups excluding carboxylic acids is 1. The van der Waals surface area contributed by atoms with Crippen LogP contribution in [0.3, 0.4) is 0 Å². The van der Waals surface area contributed by atoms with Crippen LogP contribution in [-0.2, 0) is 9.59 Å². The van der Waals surface area contributed by atoms with E-state index < -0.39 is 11.9 Å². The van der Waals surface area contributed by atoms with E-state index >= 15 is 0 Å². The summed E-state index contributed by atoms with van der Waals surface area (Å²) in [7, 11) is 0. The van der Waals surface area contributed by atoms with Crippen LogP contribution in [0.1, 0.15) is 27.2 Å². The number of aliphatic carboxylic acids is 1. The number of hydrogen-bond donors (Lipinski definition) is 1. The van der Waals surface area contributed by atoms with E-state index in [1.54, 1.807) is 4.90 Å². The summed E-state index contributed by atoms with van der Waals surface area (Å²) < 4.78 is 0. The van der Waals surface area contributed by atoms with Crippen molar-refractivity contribution >= 4 is 11.9 Å². The highest BCUT2D eigenvalue weighted by atomic mass is 16.4. The topological polar surface area (TPSA) is 57.6 Å². The molecule has 0 aromatic heterocycles. The number of carboxylic acid groups (broad SMARTS) is 1. The second-order valence-electron chi connectivity index (χ2n) is 4.18. The fourth-order valence-electron chi connectivity index (χ4n) is 2.07. The second kappa shape index (κ2) is 3.98. The molecule has 0 aromatic carbocycles. The maximum Gasteiger partial charge on any atom is 0.308 e. The van der Waals surface area contributed by atoms with Gasteiger partial charge in [0, 0.05) is 19.5 Å². The Bertz CT molecular complexity index is 250. The van der Waals surface area contributed by atoms with Crippen molar-refractivity contribution in [1.29, 1.82) is 0 Å². The largest absolute Gasteiger partial charge is 0.481 e. The van der Waals surface area contributed by atoms with Crippen LogP contribution in [0.5, 0.6) is 0 Å². The lowest BCUT2D eigenvalue weighted by Crippen LogP contribution is -2.56. The highest BCUT2D eigenvalue weighted by molar-refractivity contribution is 5.77. The number of likely N-dealkylation sites (tertiary alicyclic amines) is 1. The van der Waals surface area contributed by atoms with Gasteiger partial charge in [-0.2, -0.15) is 0 Å². The first-order chi connectivity index (χ1) is 6.45. The van der Waals surface area contributed by atoms with E-state index in [0.717, 1.165) is 6.42 Å². The molecule has 2 atom stereocenters. The van der Waals surface area contributed by atoms with Crippen molar-refractivity contribution in [2.75, 3.05) is 6.54 Å². The predicted molar refractivity (Wildman–Crippen MR) is 51.8 cm³/mol. The fraction of sp³-hybridized carbons (Fsp3) is 0.800. The minimum absolute atomic E-state index is 0.0202. The molecule has 0 aromatic rings. The Hall–Kier alpha value is -1.06. The van der Waals surface area contributed by atoms with E-state index in [4.69, 9.17) is 5.11 Å². The number of carbonyl (C=O) groups is 2. The van der Waals surface area contributed by atoms with Crippen LogP contribution in [0, 0.1) is 11.8 Å². The lowest BCUT2D eigenvalue weighted by Gasteiger charge is -2.44. The molecule has 4 nitrogen and oxygen atoms in total. The number of carboxylic acids is 1. The van der Waals surface area contributed by atoms with Crippen molar-refractivity contribution < 1.29 is 14.7 Å². The average Bonchev–Trinajstić information content (AvgIpc) is 1.94. The molecule has 1 fully saturated rings. The van der Waals surface area contributed by atoms with Gasteiger partial charge in [0.25, 0.3) is 0 Å². The van der Waals surface area contributed by atoms with Gasteiger partial charge in [0.1, 0.15) is 0 Å². The molecule has 1 amide bonds. The van der Waals surface area contributed by atoms with Crippen molar-refractivity contribution in [3.63, 3.8) is 0 Å². The summed E-state index contributed by atoms with van der Waals surface area (Å²) in [6, 6.07) is -0.0926. The lowest BCUT2D eigenvalue weighted by molar-refractivity contribution is -0.153. The van der Waals surface area contributed by atoms with Crippen LogP contribution in [0.2, 0.25) is 0 Å². The zero-order valence-corrected chi connectivity index (χ0v) is 8.86. The standard InChI is InChI=1S/C10H17NO3/c1-6(2)9(10(13)14)8-4-5-11(8)7(3)12/h6,8-9H,4-5H2,1-3H3,(H,13,14). The predicted octanol–water partition coefficient (Wildman–Crippen LogP) is 0.964. The Morgan fingerprint density at radius 3 is 2.21 bits per heavy atom. The van der Waals surface area contributed by atoms with Crippen LogP contribution in [-0.4, -0.2) is 34.5 Å². The number of amides is 1. The zero-order valence-electron chi connectivity index (χ0n) is 8.86. The SMILES string of the molecule is CC(=O)N1CCC1C(C(=O)O)C(C)C. The van der Waals surface area contributed by atoms with Crippen LogP contribution < -0.4 is 0 Å². The fourth-order valence-corrected chi connectivity index (χ4v) is 2.07. The van der Waals surface area contributed by atoms with Crippen molar-refractivity contribution in [3.8, 4) is 0 Å². The maximum atomic E-state index is 11.1. The second-order valence-corrected chi connectivity index (χ2v) is 4.18. The molecule has 1 aliphatic rings. The number of rotatable bonds is 3. The van der Waals surface area contributed by atoms with Gasteiger partial charge in [0.05, 0.1) is 5.92 Å². The summed E-state index contributed by atoms with van der Waals surface area (Å²) in [5.74, 6) is -1.17. The highest BCUT2D eigenvalue weighted by Crippen LogP contribution is 2.29. The molecule has 1 saturated heterocycles. The van der Waals surface area contributed by atoms with Crippen molar-refractivity contribution in [1.82, 2.24) is 4.90 Å². The summed E-state index contributed by atoms with van der Waals surface area (Å²) in [5.41, 5.74) is 0. The molecular weight excluding hydrogens is 182 g/mol. The van der Waals surface area contributed by atoms with Gasteiger partial charge in [-0.3, -0.25) is 9.59 Å². The Labute approximate surface area is 83.9 Å². The number of hydrogen-bond acceptors (Lipinski definition) is 2. The van der Waals surface area contributed by atoms with Crippen LogP contribution in [0.25, 0.3) is 0 Å². The molecule has 0 saturated carbocycles. The average molecular weight is 199 g/mol. The zero-order chi connectivity index (χ0) is 10.9. The first-order valence-corrected chi connectivity index (χ1v) is 4.95. The van der Waals surface area contributed by atoms with Gasteiger partial charge in [0.2, 0.25) is 5.91 Å². The van der Waals surface area contributed by atoms with Gasteiger partial charge in [-0.05, 0) is 12.3 Å². The monoisotopic (exact) mass is 199 g/mol. The lowest BCUT2D eigenvalue weighted by atomic mass is 9.81. The number of nitrogens with zero attached hydrogens (tertiary/aromatic N) is 1. The summed E-state index contributed by atoms with van der Waals surface area (Å²) in [5, 5.41) is 9.04. The smallest absolute Gasteiger partial charge is 0.308 e. The van der Waals surface area contributed by atoms with Gasteiger partial charge in [-0.25, -0.2) is 0 Å². The molecule has 14 heavy (non-hydrogen) atoms. The summed E-state index contributed by atoms with van der Waals surface area (Å²) in [4.78, 5) is 23.8. The molecule has 0 aliphatic carbocycles. The summed E-state index contributed by atoms with van der Waals surface area (Å²) in [6.07, 6.45) is 0.814. The summed E-state index contributed by atoms with van der Waals surface area (Å²) in [6.45, 7) is 5.97. The molecular formula is C10H17NO3. The molecule has 1 N–H and O–H groups in total. The molecule has 2 unspecified atom stereocenters. The van der Waals surface area contributed by atoms with Gasteiger partial charge in [-0.15, -0.1) is 0 Å². The molecule has 0 radical (unpaired) electrons. The Balaban J connectivity index is 2.70. The third kappa shape index (κ3) is 1.89. The Kier molecular flexibility index (Phi) is 3.13. The Morgan fingerprint density at radius 1 is 1.43 bits per heavy atom. The molecule has 1 rings (SSSR count). The quantitative estimate of drug-likeness (QED) is 0.736. The van der Waals surface area contributed by atoms with E-state index in [0.29, 0.717) is 6.54 Å². The van der Waals surface area contributed by atoms with Gasteiger partial charge in [0.15, 0.2) is 0 Å². The third-order valence-corrected chi connectivity index (χ3v) is 2.89. The maximum absolute atomic E-state index is 11.1. The van der Waals surface area contributed by atoms with E-state index in [9.17, 15) is 9.59 Å². The van der Waals surface area contributed by atoms with Crippen molar-refractivity contribution in [2.24, 2.45) is 11.8 Å². The van der Waals surface area contributed by atoms with E-state index in [-0.39, 0.29) is 17.9 Å².